The van der Waals surface area contributed by atoms with Crippen molar-refractivity contribution in [1.29, 1.82) is 0 Å². The van der Waals surface area contributed by atoms with Crippen molar-refractivity contribution in [3.63, 3.8) is 0 Å². The summed E-state index contributed by atoms with van der Waals surface area (Å²) in [7, 11) is 1.70. The first-order chi connectivity index (χ1) is 10.7. The molecule has 0 saturated carbocycles. The molecule has 1 saturated heterocycles. The van der Waals surface area contributed by atoms with Crippen LogP contribution in [0.25, 0.3) is 0 Å². The highest BCUT2D eigenvalue weighted by atomic mass is 16.5. The van der Waals surface area contributed by atoms with Crippen LogP contribution in [0.5, 0.6) is 5.75 Å². The lowest BCUT2D eigenvalue weighted by atomic mass is 9.88. The predicted molar refractivity (Wildman–Crippen MR) is 91.7 cm³/mol. The largest absolute Gasteiger partial charge is 0.497 e. The van der Waals surface area contributed by atoms with Crippen LogP contribution in [0.4, 0.5) is 5.69 Å². The maximum atomic E-state index is 6.32. The molecule has 1 fully saturated rings. The van der Waals surface area contributed by atoms with Crippen LogP contribution in [0.15, 0.2) is 48.5 Å². The number of hydrogen-bond donors (Lipinski definition) is 1. The molecular formula is C19H24N2O. The first kappa shape index (κ1) is 14.9. The van der Waals surface area contributed by atoms with E-state index in [1.54, 1.807) is 7.11 Å². The van der Waals surface area contributed by atoms with E-state index < -0.39 is 0 Å². The fourth-order valence-corrected chi connectivity index (χ4v) is 3.29. The molecule has 0 aliphatic carbocycles. The van der Waals surface area contributed by atoms with Crippen molar-refractivity contribution < 1.29 is 4.74 Å². The molecule has 2 aromatic carbocycles. The van der Waals surface area contributed by atoms with E-state index in [0.29, 0.717) is 5.92 Å². The molecule has 2 atom stereocenters. The molecule has 1 heterocycles. The first-order valence-corrected chi connectivity index (χ1v) is 7.87. The van der Waals surface area contributed by atoms with Crippen LogP contribution in [0.3, 0.4) is 0 Å². The summed E-state index contributed by atoms with van der Waals surface area (Å²) in [6.07, 6.45) is 1.04. The Morgan fingerprint density at radius 2 is 1.86 bits per heavy atom. The second-order valence-electron chi connectivity index (χ2n) is 6.21. The SMILES string of the molecule is COc1ccc(C2CC(N)CN(c3cccc(C)c3)C2)cc1. The predicted octanol–water partition coefficient (Wildman–Crippen LogP) is 3.32. The maximum absolute atomic E-state index is 6.32. The zero-order chi connectivity index (χ0) is 15.5. The fourth-order valence-electron chi connectivity index (χ4n) is 3.29. The number of aryl methyl sites for hydroxylation is 1. The number of rotatable bonds is 3. The molecule has 0 spiro atoms. The molecule has 1 aliphatic heterocycles. The third-order valence-corrected chi connectivity index (χ3v) is 4.44. The van der Waals surface area contributed by atoms with Crippen molar-refractivity contribution in [1.82, 2.24) is 0 Å². The zero-order valence-electron chi connectivity index (χ0n) is 13.3. The van der Waals surface area contributed by atoms with E-state index in [-0.39, 0.29) is 6.04 Å². The van der Waals surface area contributed by atoms with Crippen molar-refractivity contribution in [3.05, 3.63) is 59.7 Å². The maximum Gasteiger partial charge on any atom is 0.118 e. The molecule has 0 radical (unpaired) electrons. The molecule has 22 heavy (non-hydrogen) atoms. The topological polar surface area (TPSA) is 38.5 Å². The first-order valence-electron chi connectivity index (χ1n) is 7.87. The Balaban J connectivity index is 1.80. The van der Waals surface area contributed by atoms with Crippen LogP contribution in [-0.4, -0.2) is 26.2 Å². The van der Waals surface area contributed by atoms with Crippen molar-refractivity contribution in [2.24, 2.45) is 5.73 Å². The van der Waals surface area contributed by atoms with Crippen molar-refractivity contribution >= 4 is 5.69 Å². The molecular weight excluding hydrogens is 272 g/mol. The average Bonchev–Trinajstić information content (AvgIpc) is 2.54. The third-order valence-electron chi connectivity index (χ3n) is 4.44. The van der Waals surface area contributed by atoms with Crippen LogP contribution in [-0.2, 0) is 0 Å². The summed E-state index contributed by atoms with van der Waals surface area (Å²) in [6.45, 7) is 4.08. The van der Waals surface area contributed by atoms with Gasteiger partial charge in [-0.25, -0.2) is 0 Å². The summed E-state index contributed by atoms with van der Waals surface area (Å²) in [5, 5.41) is 0. The Morgan fingerprint density at radius 3 is 2.55 bits per heavy atom. The molecule has 1 aliphatic rings. The van der Waals surface area contributed by atoms with E-state index in [1.165, 1.54) is 16.8 Å². The highest BCUT2D eigenvalue weighted by Crippen LogP contribution is 2.30. The van der Waals surface area contributed by atoms with Crippen LogP contribution < -0.4 is 15.4 Å². The Bertz CT molecular complexity index is 624. The van der Waals surface area contributed by atoms with E-state index in [9.17, 15) is 0 Å². The summed E-state index contributed by atoms with van der Waals surface area (Å²) in [4.78, 5) is 2.41. The number of ether oxygens (including phenoxy) is 1. The van der Waals surface area contributed by atoms with Gasteiger partial charge in [-0.1, -0.05) is 24.3 Å². The van der Waals surface area contributed by atoms with Gasteiger partial charge < -0.3 is 15.4 Å². The van der Waals surface area contributed by atoms with Crippen LogP contribution >= 0.6 is 0 Å². The highest BCUT2D eigenvalue weighted by molar-refractivity contribution is 5.50. The van der Waals surface area contributed by atoms with Gasteiger partial charge in [0.15, 0.2) is 0 Å². The van der Waals surface area contributed by atoms with Gasteiger partial charge in [-0.15, -0.1) is 0 Å². The number of piperidine rings is 1. The summed E-state index contributed by atoms with van der Waals surface area (Å²) in [5.41, 5.74) is 10.2. The Kier molecular flexibility index (Phi) is 4.34. The molecule has 3 rings (SSSR count). The number of nitrogens with two attached hydrogens (primary N) is 1. The number of methoxy groups -OCH3 is 1. The van der Waals surface area contributed by atoms with E-state index in [2.05, 4.69) is 48.2 Å². The number of nitrogens with zero attached hydrogens (tertiary/aromatic N) is 1. The van der Waals surface area contributed by atoms with Crippen LogP contribution in [0, 0.1) is 6.92 Å². The van der Waals surface area contributed by atoms with Gasteiger partial charge in [-0.05, 0) is 48.7 Å². The third kappa shape index (κ3) is 3.25. The van der Waals surface area contributed by atoms with Gasteiger partial charge in [0, 0.05) is 30.7 Å². The van der Waals surface area contributed by atoms with E-state index in [1.807, 2.05) is 12.1 Å². The standard InChI is InChI=1S/C19H24N2O/c1-14-4-3-5-18(10-14)21-12-16(11-17(20)13-21)15-6-8-19(22-2)9-7-15/h3-10,16-17H,11-13,20H2,1-2H3. The van der Waals surface area contributed by atoms with Gasteiger partial charge in [-0.2, -0.15) is 0 Å². The summed E-state index contributed by atoms with van der Waals surface area (Å²) in [5.74, 6) is 1.37. The average molecular weight is 296 g/mol. The van der Waals surface area contributed by atoms with Crippen LogP contribution in [0.1, 0.15) is 23.5 Å². The number of benzene rings is 2. The van der Waals surface area contributed by atoms with Crippen molar-refractivity contribution in [2.75, 3.05) is 25.1 Å². The number of hydrogen-bond acceptors (Lipinski definition) is 3. The van der Waals surface area contributed by atoms with E-state index in [0.717, 1.165) is 25.3 Å². The van der Waals surface area contributed by atoms with Crippen molar-refractivity contribution in [3.8, 4) is 5.75 Å². The summed E-state index contributed by atoms with van der Waals surface area (Å²) in [6, 6.07) is 17.3. The minimum atomic E-state index is 0.210. The fraction of sp³-hybridized carbons (Fsp3) is 0.368. The smallest absolute Gasteiger partial charge is 0.118 e. The monoisotopic (exact) mass is 296 g/mol. The molecule has 0 bridgehead atoms. The Morgan fingerprint density at radius 1 is 1.09 bits per heavy atom. The molecule has 2 aromatic rings. The highest BCUT2D eigenvalue weighted by Gasteiger charge is 2.26. The second kappa shape index (κ2) is 6.41. The quantitative estimate of drug-likeness (QED) is 0.944. The van der Waals surface area contributed by atoms with Crippen LogP contribution in [0.2, 0.25) is 0 Å². The minimum absolute atomic E-state index is 0.210. The van der Waals surface area contributed by atoms with E-state index in [4.69, 9.17) is 10.5 Å². The van der Waals surface area contributed by atoms with Gasteiger partial charge in [-0.3, -0.25) is 0 Å². The molecule has 0 aromatic heterocycles. The minimum Gasteiger partial charge on any atom is -0.497 e. The lowest BCUT2D eigenvalue weighted by Crippen LogP contribution is -2.46. The second-order valence-corrected chi connectivity index (χ2v) is 6.21. The normalized spacial score (nSPS) is 21.7. The molecule has 2 N–H and O–H groups in total. The van der Waals surface area contributed by atoms with Gasteiger partial charge in [0.25, 0.3) is 0 Å². The molecule has 3 nitrogen and oxygen atoms in total. The van der Waals surface area contributed by atoms with E-state index >= 15 is 0 Å². The zero-order valence-corrected chi connectivity index (χ0v) is 13.3. The van der Waals surface area contributed by atoms with Gasteiger partial charge in [0.05, 0.1) is 7.11 Å². The van der Waals surface area contributed by atoms with Gasteiger partial charge in [0.1, 0.15) is 5.75 Å². The lowest BCUT2D eigenvalue weighted by molar-refractivity contribution is 0.413. The van der Waals surface area contributed by atoms with Gasteiger partial charge in [0.2, 0.25) is 0 Å². The molecule has 2 unspecified atom stereocenters. The van der Waals surface area contributed by atoms with Crippen molar-refractivity contribution in [2.45, 2.75) is 25.3 Å². The Hall–Kier alpha value is -2.00. The number of anilines is 1. The lowest BCUT2D eigenvalue weighted by Gasteiger charge is -2.38. The molecule has 116 valence electrons. The Labute approximate surface area is 132 Å². The summed E-state index contributed by atoms with van der Waals surface area (Å²) >= 11 is 0. The van der Waals surface area contributed by atoms with Gasteiger partial charge >= 0.3 is 0 Å². The molecule has 0 amide bonds. The molecule has 3 heteroatoms. The summed E-state index contributed by atoms with van der Waals surface area (Å²) < 4.78 is 5.25.